The third-order valence-electron chi connectivity index (χ3n) is 3.15. The minimum atomic E-state index is -0.448. The normalized spacial score (nSPS) is 12.5. The van der Waals surface area contributed by atoms with Crippen LogP contribution in [-0.2, 0) is 0 Å². The van der Waals surface area contributed by atoms with Crippen LogP contribution in [0, 0.1) is 22.1 Å². The zero-order valence-electron chi connectivity index (χ0n) is 11.0. The van der Waals surface area contributed by atoms with E-state index in [1.807, 2.05) is 6.07 Å². The van der Waals surface area contributed by atoms with Crippen LogP contribution in [0.5, 0.6) is 0 Å². The van der Waals surface area contributed by atoms with Gasteiger partial charge in [0.05, 0.1) is 6.04 Å². The van der Waals surface area contributed by atoms with Gasteiger partial charge in [0.1, 0.15) is 11.6 Å². The number of hydrogen-bond donors (Lipinski definition) is 1. The first-order valence-electron chi connectivity index (χ1n) is 6.01. The zero-order chi connectivity index (χ0) is 14.9. The third kappa shape index (κ3) is 3.13. The lowest BCUT2D eigenvalue weighted by Gasteiger charge is -2.20. The molecular weight excluding hydrogens is 395 g/mol. The first-order valence-corrected chi connectivity index (χ1v) is 7.47. The molecule has 1 nitrogen and oxygen atoms in total. The fraction of sp³-hybridized carbons (Fsp3) is 0.200. The van der Waals surface area contributed by atoms with Crippen molar-refractivity contribution in [1.82, 2.24) is 5.32 Å². The molecule has 2 aromatic rings. The molecule has 0 saturated carbocycles. The molecule has 0 spiro atoms. The molecule has 2 aromatic carbocycles. The molecule has 0 saturated heterocycles. The summed E-state index contributed by atoms with van der Waals surface area (Å²) in [5, 5.41) is 3.58. The summed E-state index contributed by atoms with van der Waals surface area (Å²) in [4.78, 5) is 0. The van der Waals surface area contributed by atoms with E-state index in [1.165, 1.54) is 12.1 Å². The van der Waals surface area contributed by atoms with Crippen molar-refractivity contribution in [3.8, 4) is 0 Å². The van der Waals surface area contributed by atoms with Crippen molar-refractivity contribution in [3.05, 3.63) is 67.2 Å². The lowest BCUT2D eigenvalue weighted by atomic mass is 9.97. The molecule has 0 fully saturated rings. The van der Waals surface area contributed by atoms with Crippen LogP contribution in [0.25, 0.3) is 0 Å². The summed E-state index contributed by atoms with van der Waals surface area (Å²) in [7, 11) is 1.71. The lowest BCUT2D eigenvalue weighted by Crippen LogP contribution is -2.20. The Hall–Kier alpha value is -0.720. The summed E-state index contributed by atoms with van der Waals surface area (Å²) in [5.74, 6) is -0.849. The third-order valence-corrected chi connectivity index (χ3v) is 4.36. The zero-order valence-corrected chi connectivity index (χ0v) is 13.9. The predicted octanol–water partition coefficient (Wildman–Crippen LogP) is 4.84. The molecular formula is C15H13ClF2IN. The van der Waals surface area contributed by atoms with Crippen LogP contribution in [0.15, 0.2) is 30.3 Å². The van der Waals surface area contributed by atoms with Gasteiger partial charge in [-0.2, -0.15) is 0 Å². The van der Waals surface area contributed by atoms with E-state index in [9.17, 15) is 8.78 Å². The molecule has 1 unspecified atom stereocenters. The van der Waals surface area contributed by atoms with Gasteiger partial charge in [0.25, 0.3) is 0 Å². The predicted molar refractivity (Wildman–Crippen MR) is 86.2 cm³/mol. The second-order valence-electron chi connectivity index (χ2n) is 4.51. The van der Waals surface area contributed by atoms with Crippen LogP contribution in [0.3, 0.4) is 0 Å². The molecule has 5 heteroatoms. The van der Waals surface area contributed by atoms with Crippen molar-refractivity contribution in [1.29, 1.82) is 0 Å². The highest BCUT2D eigenvalue weighted by Gasteiger charge is 2.20. The summed E-state index contributed by atoms with van der Waals surface area (Å²) in [5.41, 5.74) is 1.39. The number of aryl methyl sites for hydroxylation is 1. The lowest BCUT2D eigenvalue weighted by molar-refractivity contribution is 0.553. The Labute approximate surface area is 135 Å². The fourth-order valence-electron chi connectivity index (χ4n) is 2.10. The molecule has 1 N–H and O–H groups in total. The van der Waals surface area contributed by atoms with Gasteiger partial charge in [-0.1, -0.05) is 11.6 Å². The van der Waals surface area contributed by atoms with Gasteiger partial charge in [0.2, 0.25) is 0 Å². The molecule has 0 amide bonds. The summed E-state index contributed by atoms with van der Waals surface area (Å²) in [6.45, 7) is 1.54. The van der Waals surface area contributed by atoms with Gasteiger partial charge >= 0.3 is 0 Å². The van der Waals surface area contributed by atoms with Gasteiger partial charge in [-0.3, -0.25) is 0 Å². The van der Waals surface area contributed by atoms with Crippen LogP contribution in [0.2, 0.25) is 5.02 Å². The maximum Gasteiger partial charge on any atom is 0.128 e. The summed E-state index contributed by atoms with van der Waals surface area (Å²) < 4.78 is 28.8. The van der Waals surface area contributed by atoms with E-state index in [4.69, 9.17) is 11.6 Å². The molecule has 1 atom stereocenters. The van der Waals surface area contributed by atoms with Gasteiger partial charge in [0, 0.05) is 14.2 Å². The van der Waals surface area contributed by atoms with Gasteiger partial charge in [-0.05, 0) is 78.0 Å². The van der Waals surface area contributed by atoms with Gasteiger partial charge in [-0.15, -0.1) is 0 Å². The van der Waals surface area contributed by atoms with Gasteiger partial charge in [-0.25, -0.2) is 8.78 Å². The van der Waals surface area contributed by atoms with Crippen molar-refractivity contribution in [2.45, 2.75) is 13.0 Å². The molecule has 0 radical (unpaired) electrons. The number of nitrogens with one attached hydrogen (secondary N) is 1. The Morgan fingerprint density at radius 2 is 1.80 bits per heavy atom. The van der Waals surface area contributed by atoms with E-state index in [2.05, 4.69) is 27.9 Å². The molecule has 0 aliphatic rings. The molecule has 0 aromatic heterocycles. The molecule has 20 heavy (non-hydrogen) atoms. The maximum atomic E-state index is 14.1. The van der Waals surface area contributed by atoms with Gasteiger partial charge in [0.15, 0.2) is 0 Å². The van der Waals surface area contributed by atoms with Crippen molar-refractivity contribution >= 4 is 34.2 Å². The maximum absolute atomic E-state index is 14.1. The van der Waals surface area contributed by atoms with Crippen LogP contribution in [0.4, 0.5) is 8.78 Å². The highest BCUT2D eigenvalue weighted by molar-refractivity contribution is 14.1. The van der Waals surface area contributed by atoms with Crippen molar-refractivity contribution in [3.63, 3.8) is 0 Å². The standard InChI is InChI=1S/C15H13ClF2IN/c1-8-5-13(18)10(7-12(8)17)15(20-2)11-6-9(16)3-4-14(11)19/h3-7,15,20H,1-2H3. The average Bonchev–Trinajstić information content (AvgIpc) is 2.40. The smallest absolute Gasteiger partial charge is 0.128 e. The average molecular weight is 408 g/mol. The quantitative estimate of drug-likeness (QED) is 0.718. The molecule has 0 aliphatic carbocycles. The Morgan fingerprint density at radius 3 is 2.45 bits per heavy atom. The van der Waals surface area contributed by atoms with E-state index < -0.39 is 17.7 Å². The summed E-state index contributed by atoms with van der Waals surface area (Å²) in [6, 6.07) is 7.39. The molecule has 2 rings (SSSR count). The SMILES string of the molecule is CNC(c1cc(F)c(C)cc1F)c1cc(Cl)ccc1I. The van der Waals surface area contributed by atoms with Crippen LogP contribution in [-0.4, -0.2) is 7.05 Å². The number of benzene rings is 2. The molecule has 106 valence electrons. The Morgan fingerprint density at radius 1 is 1.10 bits per heavy atom. The first kappa shape index (κ1) is 15.7. The highest BCUT2D eigenvalue weighted by Crippen LogP contribution is 2.31. The summed E-state index contributed by atoms with van der Waals surface area (Å²) >= 11 is 8.16. The Kier molecular flexibility index (Phi) is 4.99. The monoisotopic (exact) mass is 407 g/mol. The molecule has 0 bridgehead atoms. The number of hydrogen-bond acceptors (Lipinski definition) is 1. The minimum Gasteiger partial charge on any atom is -0.309 e. The van der Waals surface area contributed by atoms with Crippen LogP contribution in [0.1, 0.15) is 22.7 Å². The van der Waals surface area contributed by atoms with E-state index in [0.717, 1.165) is 9.13 Å². The second-order valence-corrected chi connectivity index (χ2v) is 6.11. The van der Waals surface area contributed by atoms with E-state index in [-0.39, 0.29) is 5.56 Å². The second kappa shape index (κ2) is 6.37. The van der Waals surface area contributed by atoms with Crippen molar-refractivity contribution in [2.24, 2.45) is 0 Å². The topological polar surface area (TPSA) is 12.0 Å². The van der Waals surface area contributed by atoms with Crippen LogP contribution < -0.4 is 5.32 Å². The van der Waals surface area contributed by atoms with Crippen molar-refractivity contribution in [2.75, 3.05) is 7.05 Å². The van der Waals surface area contributed by atoms with E-state index in [0.29, 0.717) is 10.6 Å². The number of halogens is 4. The highest BCUT2D eigenvalue weighted by atomic mass is 127. The molecule has 0 heterocycles. The largest absolute Gasteiger partial charge is 0.309 e. The Balaban J connectivity index is 2.58. The first-order chi connectivity index (χ1) is 9.43. The Bertz CT molecular complexity index is 646. The van der Waals surface area contributed by atoms with E-state index in [1.54, 1.807) is 26.1 Å². The molecule has 0 aliphatic heterocycles. The van der Waals surface area contributed by atoms with E-state index >= 15 is 0 Å². The fourth-order valence-corrected chi connectivity index (χ4v) is 2.92. The minimum absolute atomic E-state index is 0.274. The van der Waals surface area contributed by atoms with Crippen LogP contribution >= 0.6 is 34.2 Å². The van der Waals surface area contributed by atoms with Gasteiger partial charge < -0.3 is 5.32 Å². The summed E-state index contributed by atoms with van der Waals surface area (Å²) in [6.07, 6.45) is 0. The van der Waals surface area contributed by atoms with Crippen molar-refractivity contribution < 1.29 is 8.78 Å². The number of rotatable bonds is 3.